The minimum Gasteiger partial charge on any atom is -0.342 e. The molecule has 0 spiro atoms. The van der Waals surface area contributed by atoms with E-state index in [1.807, 2.05) is 12.1 Å². The molecule has 2 aliphatic heterocycles. The fraction of sp³-hybridized carbons (Fsp3) is 0.562. The number of carbonyl (C=O) groups is 1. The van der Waals surface area contributed by atoms with Gasteiger partial charge in [0.1, 0.15) is 0 Å². The maximum atomic E-state index is 12.6. The maximum Gasteiger partial charge on any atom is 0.226 e. The molecule has 4 atom stereocenters. The molecule has 1 aromatic carbocycles. The second-order valence-electron chi connectivity index (χ2n) is 6.51. The number of fused-ring (bicyclic) bond motifs is 1. The number of hydrogen-bond acceptors (Lipinski definition) is 2. The highest BCUT2D eigenvalue weighted by Crippen LogP contribution is 2.52. The number of amides is 1. The van der Waals surface area contributed by atoms with Gasteiger partial charge in [-0.3, -0.25) is 4.79 Å². The van der Waals surface area contributed by atoms with Gasteiger partial charge in [-0.1, -0.05) is 35.3 Å². The molecule has 1 N–H and O–H groups in total. The third kappa shape index (κ3) is 2.36. The van der Waals surface area contributed by atoms with Crippen molar-refractivity contribution in [2.24, 2.45) is 17.8 Å². The molecule has 21 heavy (non-hydrogen) atoms. The van der Waals surface area contributed by atoms with E-state index >= 15 is 0 Å². The van der Waals surface area contributed by atoms with Crippen LogP contribution in [0.1, 0.15) is 17.9 Å². The van der Waals surface area contributed by atoms with Crippen molar-refractivity contribution >= 4 is 29.1 Å². The van der Waals surface area contributed by atoms with Gasteiger partial charge in [0.15, 0.2) is 0 Å². The third-order valence-corrected chi connectivity index (χ3v) is 6.02. The van der Waals surface area contributed by atoms with Crippen molar-refractivity contribution in [3.05, 3.63) is 33.8 Å². The molecule has 5 heteroatoms. The lowest BCUT2D eigenvalue weighted by Crippen LogP contribution is -2.33. The van der Waals surface area contributed by atoms with Gasteiger partial charge in [-0.05, 0) is 35.8 Å². The first kappa shape index (κ1) is 13.9. The van der Waals surface area contributed by atoms with E-state index in [2.05, 4.69) is 10.2 Å². The van der Waals surface area contributed by atoms with Gasteiger partial charge in [-0.2, -0.15) is 0 Å². The summed E-state index contributed by atoms with van der Waals surface area (Å²) < 4.78 is 0. The number of nitrogens with zero attached hydrogens (tertiary/aromatic N) is 1. The molecule has 112 valence electrons. The lowest BCUT2D eigenvalue weighted by molar-refractivity contribution is -0.131. The van der Waals surface area contributed by atoms with Crippen LogP contribution in [0.2, 0.25) is 10.0 Å². The highest BCUT2D eigenvalue weighted by Gasteiger charge is 2.49. The fourth-order valence-electron chi connectivity index (χ4n) is 3.89. The number of likely N-dealkylation sites (tertiary alicyclic amines) is 1. The lowest BCUT2D eigenvalue weighted by Gasteiger charge is -2.17. The van der Waals surface area contributed by atoms with Crippen LogP contribution in [0.25, 0.3) is 0 Å². The van der Waals surface area contributed by atoms with Crippen molar-refractivity contribution < 1.29 is 4.79 Å². The van der Waals surface area contributed by atoms with Crippen LogP contribution in [0.5, 0.6) is 0 Å². The first-order valence-electron chi connectivity index (χ1n) is 7.58. The monoisotopic (exact) mass is 324 g/mol. The molecule has 1 aromatic rings. The van der Waals surface area contributed by atoms with E-state index in [0.717, 1.165) is 38.2 Å². The molecule has 0 radical (unpaired) electrons. The van der Waals surface area contributed by atoms with Crippen molar-refractivity contribution in [2.75, 3.05) is 26.2 Å². The van der Waals surface area contributed by atoms with Crippen LogP contribution in [0.15, 0.2) is 18.2 Å². The predicted octanol–water partition coefficient (Wildman–Crippen LogP) is 2.77. The molecule has 0 bridgehead atoms. The molecule has 2 heterocycles. The van der Waals surface area contributed by atoms with Crippen LogP contribution in [0.3, 0.4) is 0 Å². The Kier molecular flexibility index (Phi) is 3.40. The second kappa shape index (κ2) is 5.15. The lowest BCUT2D eigenvalue weighted by atomic mass is 10.0. The molecule has 1 saturated carbocycles. The van der Waals surface area contributed by atoms with E-state index in [1.165, 1.54) is 0 Å². The average Bonchev–Trinajstić information content (AvgIpc) is 2.95. The van der Waals surface area contributed by atoms with Crippen LogP contribution in [-0.4, -0.2) is 37.0 Å². The molecule has 2 unspecified atom stereocenters. The van der Waals surface area contributed by atoms with Crippen molar-refractivity contribution in [3.63, 3.8) is 0 Å². The van der Waals surface area contributed by atoms with Gasteiger partial charge in [-0.15, -0.1) is 0 Å². The zero-order valence-corrected chi connectivity index (χ0v) is 13.2. The number of nitrogens with one attached hydrogen (secondary N) is 1. The highest BCUT2D eigenvalue weighted by molar-refractivity contribution is 6.42. The summed E-state index contributed by atoms with van der Waals surface area (Å²) in [7, 11) is 0. The summed E-state index contributed by atoms with van der Waals surface area (Å²) >= 11 is 12.3. The normalized spacial score (nSPS) is 34.1. The van der Waals surface area contributed by atoms with E-state index in [0.29, 0.717) is 27.8 Å². The average molecular weight is 325 g/mol. The van der Waals surface area contributed by atoms with Gasteiger partial charge in [0.2, 0.25) is 5.91 Å². The zero-order chi connectivity index (χ0) is 14.6. The van der Waals surface area contributed by atoms with Gasteiger partial charge in [-0.25, -0.2) is 0 Å². The highest BCUT2D eigenvalue weighted by atomic mass is 35.5. The quantitative estimate of drug-likeness (QED) is 0.907. The van der Waals surface area contributed by atoms with Crippen molar-refractivity contribution in [3.8, 4) is 0 Å². The van der Waals surface area contributed by atoms with E-state index in [-0.39, 0.29) is 11.8 Å². The molecule has 3 nitrogen and oxygen atoms in total. The minimum atomic E-state index is 0.104. The van der Waals surface area contributed by atoms with Crippen LogP contribution in [-0.2, 0) is 4.79 Å². The van der Waals surface area contributed by atoms with Crippen LogP contribution in [0.4, 0.5) is 0 Å². The fourth-order valence-corrected chi connectivity index (χ4v) is 4.34. The van der Waals surface area contributed by atoms with Crippen molar-refractivity contribution in [2.45, 2.75) is 12.3 Å². The summed E-state index contributed by atoms with van der Waals surface area (Å²) in [6, 6.07) is 5.70. The van der Waals surface area contributed by atoms with E-state index < -0.39 is 0 Å². The molecule has 1 amide bonds. The van der Waals surface area contributed by atoms with E-state index in [1.54, 1.807) is 6.07 Å². The topological polar surface area (TPSA) is 32.3 Å². The molecule has 4 rings (SSSR count). The predicted molar refractivity (Wildman–Crippen MR) is 83.7 cm³/mol. The first-order chi connectivity index (χ1) is 10.1. The van der Waals surface area contributed by atoms with Gasteiger partial charge in [0, 0.05) is 32.1 Å². The number of benzene rings is 1. The number of carbonyl (C=O) groups excluding carboxylic acids is 1. The molecule has 3 aliphatic rings. The maximum absolute atomic E-state index is 12.6. The Hall–Kier alpha value is -0.770. The van der Waals surface area contributed by atoms with Gasteiger partial charge in [0.05, 0.1) is 10.0 Å². The molecule has 1 aliphatic carbocycles. The SMILES string of the molecule is O=C(C1CC1c1cccc(Cl)c1Cl)N1C[C@H]2CNC[C@H]2C1. The number of halogens is 2. The Morgan fingerprint density at radius 3 is 2.62 bits per heavy atom. The summed E-state index contributed by atoms with van der Waals surface area (Å²) in [5.41, 5.74) is 1.03. The Morgan fingerprint density at radius 1 is 1.19 bits per heavy atom. The first-order valence-corrected chi connectivity index (χ1v) is 8.34. The summed E-state index contributed by atoms with van der Waals surface area (Å²) in [5.74, 6) is 1.97. The molecule has 2 saturated heterocycles. The van der Waals surface area contributed by atoms with Crippen molar-refractivity contribution in [1.82, 2.24) is 10.2 Å². The molecular weight excluding hydrogens is 307 g/mol. The van der Waals surface area contributed by atoms with Crippen LogP contribution >= 0.6 is 23.2 Å². The third-order valence-electron chi connectivity index (χ3n) is 5.19. The summed E-state index contributed by atoms with van der Waals surface area (Å²) in [6.45, 7) is 3.96. The van der Waals surface area contributed by atoms with Crippen LogP contribution < -0.4 is 5.32 Å². The van der Waals surface area contributed by atoms with Crippen molar-refractivity contribution in [1.29, 1.82) is 0 Å². The van der Waals surface area contributed by atoms with E-state index in [9.17, 15) is 4.79 Å². The second-order valence-corrected chi connectivity index (χ2v) is 7.30. The van der Waals surface area contributed by atoms with Gasteiger partial charge < -0.3 is 10.2 Å². The van der Waals surface area contributed by atoms with Gasteiger partial charge in [0.25, 0.3) is 0 Å². The minimum absolute atomic E-state index is 0.104. The Labute approximate surface area is 134 Å². The number of hydrogen-bond donors (Lipinski definition) is 1. The molecular formula is C16H18Cl2N2O. The molecule has 0 aromatic heterocycles. The summed E-state index contributed by atoms with van der Waals surface area (Å²) in [4.78, 5) is 14.7. The Morgan fingerprint density at radius 2 is 1.90 bits per heavy atom. The Balaban J connectivity index is 1.45. The summed E-state index contributed by atoms with van der Waals surface area (Å²) in [5, 5.41) is 4.60. The summed E-state index contributed by atoms with van der Waals surface area (Å²) in [6.07, 6.45) is 0.906. The van der Waals surface area contributed by atoms with Crippen LogP contribution in [0, 0.1) is 17.8 Å². The zero-order valence-electron chi connectivity index (χ0n) is 11.7. The van der Waals surface area contributed by atoms with E-state index in [4.69, 9.17) is 23.2 Å². The Bertz CT molecular complexity index is 580. The smallest absolute Gasteiger partial charge is 0.226 e. The van der Waals surface area contributed by atoms with Gasteiger partial charge >= 0.3 is 0 Å². The molecule has 3 fully saturated rings. The largest absolute Gasteiger partial charge is 0.342 e. The number of rotatable bonds is 2. The standard InChI is InChI=1S/C16H18Cl2N2O/c17-14-3-1-2-11(15(14)18)12-4-13(12)16(21)20-7-9-5-19-6-10(9)8-20/h1-3,9-10,12-13,19H,4-8H2/t9-,10+,12?,13?.